The Labute approximate surface area is 101 Å². The summed E-state index contributed by atoms with van der Waals surface area (Å²) in [4.78, 5) is 0. The second kappa shape index (κ2) is 3.64. The van der Waals surface area contributed by atoms with Gasteiger partial charge in [-0.15, -0.1) is 0 Å². The molecule has 1 saturated carbocycles. The first-order valence-corrected chi connectivity index (χ1v) is 6.21. The number of rotatable bonds is 2. The van der Waals surface area contributed by atoms with Gasteiger partial charge in [0.1, 0.15) is 11.7 Å². The van der Waals surface area contributed by atoms with Gasteiger partial charge in [-0.05, 0) is 32.8 Å². The molecular formula is C14H18O3. The Morgan fingerprint density at radius 3 is 2.82 bits per heavy atom. The lowest BCUT2D eigenvalue weighted by Gasteiger charge is -2.33. The van der Waals surface area contributed by atoms with Gasteiger partial charge in [0, 0.05) is 12.0 Å². The first kappa shape index (κ1) is 10.9. The van der Waals surface area contributed by atoms with Crippen molar-refractivity contribution in [1.82, 2.24) is 0 Å². The van der Waals surface area contributed by atoms with Crippen LogP contribution >= 0.6 is 0 Å². The largest absolute Gasteiger partial charge is 0.484 e. The van der Waals surface area contributed by atoms with E-state index in [0.717, 1.165) is 30.8 Å². The summed E-state index contributed by atoms with van der Waals surface area (Å²) in [5.41, 5.74) is 1.04. The Hall–Kier alpha value is -1.22. The zero-order valence-electron chi connectivity index (χ0n) is 10.3. The summed E-state index contributed by atoms with van der Waals surface area (Å²) in [7, 11) is 0. The van der Waals surface area contributed by atoms with Crippen LogP contribution in [0.25, 0.3) is 0 Å². The van der Waals surface area contributed by atoms with Gasteiger partial charge in [-0.25, -0.2) is 0 Å². The van der Waals surface area contributed by atoms with Crippen LogP contribution in [-0.2, 0) is 6.42 Å². The maximum absolute atomic E-state index is 9.55. The van der Waals surface area contributed by atoms with Gasteiger partial charge >= 0.3 is 0 Å². The maximum Gasteiger partial charge on any atom is 0.165 e. The van der Waals surface area contributed by atoms with Crippen molar-refractivity contribution in [2.45, 2.75) is 50.9 Å². The van der Waals surface area contributed by atoms with Gasteiger partial charge in [0.05, 0.1) is 6.10 Å². The standard InChI is InChI=1S/C14H18O3/c1-14(2)8-9-4-3-5-12(13(9)17-14)16-11-7-6-10(11)15/h3-5,10-11,15H,6-8H2,1-2H3/t10-,11-/m1/s1. The van der Waals surface area contributed by atoms with Crippen molar-refractivity contribution in [2.75, 3.05) is 0 Å². The summed E-state index contributed by atoms with van der Waals surface area (Å²) in [6.45, 7) is 4.16. The molecule has 0 unspecified atom stereocenters. The van der Waals surface area contributed by atoms with E-state index in [0.29, 0.717) is 0 Å². The van der Waals surface area contributed by atoms with E-state index in [4.69, 9.17) is 9.47 Å². The Kier molecular flexibility index (Phi) is 2.33. The van der Waals surface area contributed by atoms with Crippen molar-refractivity contribution in [1.29, 1.82) is 0 Å². The Bertz CT molecular complexity index is 439. The second-order valence-corrected chi connectivity index (χ2v) is 5.58. The lowest BCUT2D eigenvalue weighted by Crippen LogP contribution is -2.41. The third-order valence-corrected chi connectivity index (χ3v) is 3.51. The summed E-state index contributed by atoms with van der Waals surface area (Å²) in [6.07, 6.45) is 2.29. The molecule has 1 N–H and O–H groups in total. The number of hydrogen-bond donors (Lipinski definition) is 1. The van der Waals surface area contributed by atoms with Crippen LogP contribution < -0.4 is 9.47 Å². The predicted octanol–water partition coefficient (Wildman–Crippen LogP) is 2.30. The van der Waals surface area contributed by atoms with Crippen molar-refractivity contribution < 1.29 is 14.6 Å². The number of para-hydroxylation sites is 1. The number of fused-ring (bicyclic) bond motifs is 1. The third-order valence-electron chi connectivity index (χ3n) is 3.51. The maximum atomic E-state index is 9.55. The number of benzene rings is 1. The molecule has 2 aliphatic rings. The second-order valence-electron chi connectivity index (χ2n) is 5.58. The Morgan fingerprint density at radius 2 is 2.18 bits per heavy atom. The van der Waals surface area contributed by atoms with Gasteiger partial charge in [0.2, 0.25) is 0 Å². The van der Waals surface area contributed by atoms with Crippen molar-refractivity contribution in [2.24, 2.45) is 0 Å². The molecule has 2 atom stereocenters. The highest BCUT2D eigenvalue weighted by molar-refractivity contribution is 5.50. The van der Waals surface area contributed by atoms with E-state index in [9.17, 15) is 5.11 Å². The average Bonchev–Trinajstić information content (AvgIpc) is 2.58. The predicted molar refractivity (Wildman–Crippen MR) is 64.5 cm³/mol. The van der Waals surface area contributed by atoms with Crippen LogP contribution in [0.4, 0.5) is 0 Å². The van der Waals surface area contributed by atoms with Crippen LogP contribution in [0.2, 0.25) is 0 Å². The molecule has 0 radical (unpaired) electrons. The van der Waals surface area contributed by atoms with E-state index in [1.165, 1.54) is 5.56 Å². The first-order chi connectivity index (χ1) is 8.05. The zero-order chi connectivity index (χ0) is 12.0. The fraction of sp³-hybridized carbons (Fsp3) is 0.571. The van der Waals surface area contributed by atoms with E-state index >= 15 is 0 Å². The van der Waals surface area contributed by atoms with Gasteiger partial charge in [-0.1, -0.05) is 12.1 Å². The molecule has 92 valence electrons. The van der Waals surface area contributed by atoms with Crippen LogP contribution in [-0.4, -0.2) is 22.9 Å². The molecule has 0 amide bonds. The molecular weight excluding hydrogens is 216 g/mol. The van der Waals surface area contributed by atoms with E-state index in [1.54, 1.807) is 0 Å². The van der Waals surface area contributed by atoms with Gasteiger partial charge in [0.25, 0.3) is 0 Å². The minimum atomic E-state index is -0.319. The number of ether oxygens (including phenoxy) is 2. The van der Waals surface area contributed by atoms with Gasteiger partial charge in [0.15, 0.2) is 11.5 Å². The van der Waals surface area contributed by atoms with Crippen molar-refractivity contribution in [3.05, 3.63) is 23.8 Å². The molecule has 0 bridgehead atoms. The summed E-state index contributed by atoms with van der Waals surface area (Å²) in [6, 6.07) is 5.99. The summed E-state index contributed by atoms with van der Waals surface area (Å²) >= 11 is 0. The number of aliphatic hydroxyl groups is 1. The Balaban J connectivity index is 1.85. The molecule has 1 aromatic rings. The summed E-state index contributed by atoms with van der Waals surface area (Å²) in [5, 5.41) is 9.55. The number of hydrogen-bond acceptors (Lipinski definition) is 3. The summed E-state index contributed by atoms with van der Waals surface area (Å²) in [5.74, 6) is 1.63. The lowest BCUT2D eigenvalue weighted by atomic mass is 9.92. The van der Waals surface area contributed by atoms with Crippen LogP contribution in [0.15, 0.2) is 18.2 Å². The fourth-order valence-corrected chi connectivity index (χ4v) is 2.43. The quantitative estimate of drug-likeness (QED) is 0.853. The van der Waals surface area contributed by atoms with E-state index < -0.39 is 0 Å². The SMILES string of the molecule is CC1(C)Cc2cccc(O[C@@H]3CC[C@H]3O)c2O1. The van der Waals surface area contributed by atoms with Gasteiger partial charge in [-0.2, -0.15) is 0 Å². The molecule has 1 aliphatic heterocycles. The van der Waals surface area contributed by atoms with Crippen molar-refractivity contribution in [3.8, 4) is 11.5 Å². The zero-order valence-corrected chi connectivity index (χ0v) is 10.3. The van der Waals surface area contributed by atoms with E-state index in [2.05, 4.69) is 19.9 Å². The van der Waals surface area contributed by atoms with Gasteiger partial charge in [-0.3, -0.25) is 0 Å². The molecule has 3 rings (SSSR count). The fourth-order valence-electron chi connectivity index (χ4n) is 2.43. The highest BCUT2D eigenvalue weighted by atomic mass is 16.5. The monoisotopic (exact) mass is 234 g/mol. The van der Waals surface area contributed by atoms with Crippen LogP contribution in [0.5, 0.6) is 11.5 Å². The van der Waals surface area contributed by atoms with Crippen LogP contribution in [0.3, 0.4) is 0 Å². The molecule has 0 aromatic heterocycles. The minimum absolute atomic E-state index is 0.0613. The Morgan fingerprint density at radius 1 is 1.35 bits per heavy atom. The minimum Gasteiger partial charge on any atom is -0.484 e. The van der Waals surface area contributed by atoms with E-state index in [-0.39, 0.29) is 17.8 Å². The topological polar surface area (TPSA) is 38.7 Å². The number of aliphatic hydroxyl groups excluding tert-OH is 1. The van der Waals surface area contributed by atoms with Gasteiger partial charge < -0.3 is 14.6 Å². The van der Waals surface area contributed by atoms with Crippen molar-refractivity contribution in [3.63, 3.8) is 0 Å². The average molecular weight is 234 g/mol. The van der Waals surface area contributed by atoms with E-state index in [1.807, 2.05) is 12.1 Å². The summed E-state index contributed by atoms with van der Waals surface area (Å²) < 4.78 is 11.7. The van der Waals surface area contributed by atoms with Crippen LogP contribution in [0, 0.1) is 0 Å². The molecule has 3 nitrogen and oxygen atoms in total. The molecule has 1 aliphatic carbocycles. The highest BCUT2D eigenvalue weighted by Crippen LogP contribution is 2.43. The molecule has 17 heavy (non-hydrogen) atoms. The molecule has 1 aromatic carbocycles. The molecule has 1 heterocycles. The third kappa shape index (κ3) is 1.89. The highest BCUT2D eigenvalue weighted by Gasteiger charge is 2.35. The smallest absolute Gasteiger partial charge is 0.165 e. The molecule has 3 heteroatoms. The van der Waals surface area contributed by atoms with Crippen molar-refractivity contribution >= 4 is 0 Å². The van der Waals surface area contributed by atoms with Crippen LogP contribution in [0.1, 0.15) is 32.3 Å². The molecule has 1 fully saturated rings. The first-order valence-electron chi connectivity index (χ1n) is 6.21. The molecule has 0 saturated heterocycles. The molecule has 0 spiro atoms. The normalized spacial score (nSPS) is 29.1. The lowest BCUT2D eigenvalue weighted by molar-refractivity contribution is -0.0379.